The molecular formula is C22H23N5O3S2. The fraction of sp³-hybridized carbons (Fsp3) is 0.273. The van der Waals surface area contributed by atoms with Crippen LogP contribution in [0.15, 0.2) is 52.0 Å². The third-order valence-corrected chi connectivity index (χ3v) is 6.69. The molecule has 1 amide bonds. The molecule has 1 aliphatic heterocycles. The number of thioether (sulfide) groups is 1. The number of benzene rings is 1. The van der Waals surface area contributed by atoms with Crippen LogP contribution in [0, 0.1) is 6.92 Å². The van der Waals surface area contributed by atoms with Crippen LogP contribution in [-0.2, 0) is 4.79 Å². The Kier molecular flexibility index (Phi) is 6.61. The number of rotatable bonds is 7. The second-order valence-corrected chi connectivity index (χ2v) is 8.99. The molecule has 1 atom stereocenters. The zero-order chi connectivity index (χ0) is 22.7. The maximum atomic E-state index is 13.2. The molecule has 3 heterocycles. The second-order valence-electron chi connectivity index (χ2n) is 7.10. The van der Waals surface area contributed by atoms with Crippen molar-refractivity contribution in [3.63, 3.8) is 0 Å². The molecular weight excluding hydrogens is 446 g/mol. The smallest absolute Gasteiger partial charge is 0.253 e. The van der Waals surface area contributed by atoms with Crippen molar-refractivity contribution in [2.75, 3.05) is 25.7 Å². The number of anilines is 1. The van der Waals surface area contributed by atoms with Crippen molar-refractivity contribution in [1.82, 2.24) is 15.0 Å². The lowest BCUT2D eigenvalue weighted by molar-refractivity contribution is -0.130. The van der Waals surface area contributed by atoms with E-state index in [1.807, 2.05) is 42.6 Å². The number of hydrogen-bond acceptors (Lipinski definition) is 9. The third kappa shape index (κ3) is 4.71. The van der Waals surface area contributed by atoms with Gasteiger partial charge in [-0.05, 0) is 36.1 Å². The highest BCUT2D eigenvalue weighted by Crippen LogP contribution is 2.38. The van der Waals surface area contributed by atoms with E-state index in [1.54, 1.807) is 36.6 Å². The first kappa shape index (κ1) is 22.1. The van der Waals surface area contributed by atoms with Crippen LogP contribution in [0.2, 0.25) is 0 Å². The molecule has 0 radical (unpaired) electrons. The number of hydrogen-bond donors (Lipinski definition) is 1. The van der Waals surface area contributed by atoms with Crippen molar-refractivity contribution in [2.45, 2.75) is 24.5 Å². The lowest BCUT2D eigenvalue weighted by Gasteiger charge is -2.22. The Morgan fingerprint density at radius 1 is 1.22 bits per heavy atom. The predicted octanol–water partition coefficient (Wildman–Crippen LogP) is 3.92. The molecule has 1 aromatic carbocycles. The Bertz CT molecular complexity index is 1130. The zero-order valence-corrected chi connectivity index (χ0v) is 19.6. The van der Waals surface area contributed by atoms with Crippen LogP contribution in [0.5, 0.6) is 11.5 Å². The number of nitrogens with two attached hydrogens (primary N) is 1. The molecule has 0 saturated carbocycles. The number of aromatic nitrogens is 2. The molecule has 8 nitrogen and oxygen atoms in total. The van der Waals surface area contributed by atoms with Gasteiger partial charge >= 0.3 is 0 Å². The van der Waals surface area contributed by atoms with E-state index in [9.17, 15) is 4.79 Å². The molecule has 0 fully saturated rings. The number of nitrogens with zero attached hydrogens (tertiary/aromatic N) is 4. The number of amides is 1. The second kappa shape index (κ2) is 9.58. The lowest BCUT2D eigenvalue weighted by Crippen LogP contribution is -2.28. The number of aryl methyl sites for hydroxylation is 1. The van der Waals surface area contributed by atoms with Crippen molar-refractivity contribution in [3.8, 4) is 11.5 Å². The number of carbonyl (C=O) groups excluding carboxylic acids is 1. The Hall–Kier alpha value is -3.11. The van der Waals surface area contributed by atoms with Crippen LogP contribution in [0.1, 0.15) is 28.6 Å². The van der Waals surface area contributed by atoms with E-state index in [0.29, 0.717) is 28.9 Å². The third-order valence-electron chi connectivity index (χ3n) is 4.94. The summed E-state index contributed by atoms with van der Waals surface area (Å²) in [5.41, 5.74) is 8.37. The largest absolute Gasteiger partial charge is 0.493 e. The number of carbonyl (C=O) groups is 1. The molecule has 32 heavy (non-hydrogen) atoms. The van der Waals surface area contributed by atoms with Crippen molar-refractivity contribution in [1.29, 1.82) is 0 Å². The average molecular weight is 470 g/mol. The van der Waals surface area contributed by atoms with Crippen LogP contribution in [-0.4, -0.2) is 46.6 Å². The van der Waals surface area contributed by atoms with E-state index < -0.39 is 0 Å². The van der Waals surface area contributed by atoms with Gasteiger partial charge < -0.3 is 15.2 Å². The summed E-state index contributed by atoms with van der Waals surface area (Å²) in [6, 6.07) is 11.1. The quantitative estimate of drug-likeness (QED) is 0.413. The van der Waals surface area contributed by atoms with Crippen molar-refractivity contribution < 1.29 is 14.3 Å². The maximum absolute atomic E-state index is 13.2. The highest BCUT2D eigenvalue weighted by atomic mass is 32.2. The number of thiophene rings is 1. The van der Waals surface area contributed by atoms with Gasteiger partial charge in [-0.25, -0.2) is 15.0 Å². The van der Waals surface area contributed by atoms with E-state index in [-0.39, 0.29) is 17.7 Å². The highest BCUT2D eigenvalue weighted by molar-refractivity contribution is 7.99. The minimum atomic E-state index is -0.247. The van der Waals surface area contributed by atoms with Gasteiger partial charge in [-0.3, -0.25) is 4.79 Å². The molecule has 2 N–H and O–H groups in total. The minimum Gasteiger partial charge on any atom is -0.493 e. The van der Waals surface area contributed by atoms with E-state index in [1.165, 1.54) is 11.8 Å². The molecule has 10 heteroatoms. The van der Waals surface area contributed by atoms with Gasteiger partial charge in [0.2, 0.25) is 0 Å². The first-order valence-corrected chi connectivity index (χ1v) is 11.7. The summed E-state index contributed by atoms with van der Waals surface area (Å²) in [6.07, 6.45) is 0.611. The molecule has 0 saturated heterocycles. The van der Waals surface area contributed by atoms with Crippen LogP contribution < -0.4 is 15.2 Å². The van der Waals surface area contributed by atoms with Gasteiger partial charge in [-0.15, -0.1) is 11.3 Å². The molecule has 2 aromatic heterocycles. The zero-order valence-electron chi connectivity index (χ0n) is 17.9. The summed E-state index contributed by atoms with van der Waals surface area (Å²) in [6.45, 7) is 1.84. The summed E-state index contributed by atoms with van der Waals surface area (Å²) in [5, 5.41) is 8.73. The summed E-state index contributed by atoms with van der Waals surface area (Å²) >= 11 is 2.85. The highest BCUT2D eigenvalue weighted by Gasteiger charge is 2.34. The van der Waals surface area contributed by atoms with E-state index in [4.69, 9.17) is 20.3 Å². The van der Waals surface area contributed by atoms with Gasteiger partial charge in [0.1, 0.15) is 5.82 Å². The summed E-state index contributed by atoms with van der Waals surface area (Å²) in [4.78, 5) is 22.8. The van der Waals surface area contributed by atoms with Crippen molar-refractivity contribution >= 4 is 40.5 Å². The molecule has 3 aromatic rings. The fourth-order valence-electron chi connectivity index (χ4n) is 3.47. The first-order valence-electron chi connectivity index (χ1n) is 9.87. The Balaban J connectivity index is 1.60. The minimum absolute atomic E-state index is 0.134. The molecule has 1 aliphatic rings. The SMILES string of the molecule is COc1ccc([C@@H]2CC(c3cccs3)=NN2C(=O)CSc2nc(C)cc(N)n2)cc1OC. The van der Waals surface area contributed by atoms with Gasteiger partial charge in [-0.1, -0.05) is 23.9 Å². The van der Waals surface area contributed by atoms with Crippen LogP contribution in [0.25, 0.3) is 0 Å². The molecule has 0 unspecified atom stereocenters. The molecule has 0 bridgehead atoms. The number of methoxy groups -OCH3 is 2. The van der Waals surface area contributed by atoms with E-state index in [2.05, 4.69) is 9.97 Å². The van der Waals surface area contributed by atoms with Crippen LogP contribution in [0.3, 0.4) is 0 Å². The summed E-state index contributed by atoms with van der Waals surface area (Å²) in [5.74, 6) is 1.64. The van der Waals surface area contributed by atoms with Gasteiger partial charge in [-0.2, -0.15) is 5.10 Å². The van der Waals surface area contributed by atoms with Gasteiger partial charge in [0, 0.05) is 18.2 Å². The predicted molar refractivity (Wildman–Crippen MR) is 127 cm³/mol. The average Bonchev–Trinajstić information content (AvgIpc) is 3.46. The number of nitrogen functional groups attached to an aromatic ring is 1. The topological polar surface area (TPSA) is 103 Å². The number of hydrazone groups is 1. The fourth-order valence-corrected chi connectivity index (χ4v) is 4.96. The Labute approximate surface area is 194 Å². The van der Waals surface area contributed by atoms with Crippen molar-refractivity contribution in [2.24, 2.45) is 5.10 Å². The molecule has 0 aliphatic carbocycles. The normalized spacial score (nSPS) is 15.5. The molecule has 0 spiro atoms. The summed E-state index contributed by atoms with van der Waals surface area (Å²) < 4.78 is 10.8. The molecule has 4 rings (SSSR count). The van der Waals surface area contributed by atoms with Gasteiger partial charge in [0.05, 0.1) is 36.6 Å². The van der Waals surface area contributed by atoms with Gasteiger partial charge in [0.15, 0.2) is 16.7 Å². The number of ether oxygens (including phenoxy) is 2. The monoisotopic (exact) mass is 469 g/mol. The Morgan fingerprint density at radius 2 is 2.03 bits per heavy atom. The summed E-state index contributed by atoms with van der Waals surface area (Å²) in [7, 11) is 3.19. The maximum Gasteiger partial charge on any atom is 0.253 e. The Morgan fingerprint density at radius 3 is 2.72 bits per heavy atom. The van der Waals surface area contributed by atoms with Crippen LogP contribution >= 0.6 is 23.1 Å². The standard InChI is InChI=1S/C22H23N5O3S2/c1-13-9-20(23)25-22(24-13)32-12-21(28)27-16(11-15(26-27)19-5-4-8-31-19)14-6-7-17(29-2)18(10-14)30-3/h4-10,16H,11-12H2,1-3H3,(H2,23,24,25)/t16-/m0/s1. The van der Waals surface area contributed by atoms with E-state index in [0.717, 1.165) is 21.8 Å². The van der Waals surface area contributed by atoms with Crippen LogP contribution in [0.4, 0.5) is 5.82 Å². The van der Waals surface area contributed by atoms with Gasteiger partial charge in [0.25, 0.3) is 5.91 Å². The molecule has 166 valence electrons. The first-order chi connectivity index (χ1) is 15.5. The van der Waals surface area contributed by atoms with E-state index >= 15 is 0 Å². The van der Waals surface area contributed by atoms with Crippen molar-refractivity contribution in [3.05, 3.63) is 57.9 Å². The lowest BCUT2D eigenvalue weighted by atomic mass is 10.0.